The van der Waals surface area contributed by atoms with Gasteiger partial charge in [-0.1, -0.05) is 38.5 Å². The monoisotopic (exact) mass is 419 g/mol. The summed E-state index contributed by atoms with van der Waals surface area (Å²) in [5, 5.41) is 0. The zero-order valence-electron chi connectivity index (χ0n) is 16.8. The van der Waals surface area contributed by atoms with Gasteiger partial charge in [-0.25, -0.2) is 0 Å². The van der Waals surface area contributed by atoms with Crippen molar-refractivity contribution in [3.05, 3.63) is 34.9 Å². The van der Waals surface area contributed by atoms with Crippen LogP contribution in [-0.4, -0.2) is 35.9 Å². The number of benzene rings is 1. The molecule has 1 fully saturated rings. The zero-order valence-corrected chi connectivity index (χ0v) is 19.7. The first-order valence-corrected chi connectivity index (χ1v) is 9.97. The fourth-order valence-electron chi connectivity index (χ4n) is 4.71. The van der Waals surface area contributed by atoms with Gasteiger partial charge in [-0.3, -0.25) is 4.79 Å². The molecule has 2 rings (SSSR count). The molecule has 1 aliphatic heterocycles. The number of rotatable bonds is 8. The molecule has 1 aliphatic rings. The first kappa shape index (κ1) is 23.0. The van der Waals surface area contributed by atoms with E-state index in [1.165, 1.54) is 62.0 Å². The fourth-order valence-corrected chi connectivity index (χ4v) is 4.71. The third-order valence-electron chi connectivity index (χ3n) is 5.97. The van der Waals surface area contributed by atoms with Crippen LogP contribution in [0, 0.1) is 13.8 Å². The number of hydrogen-bond acceptors (Lipinski definition) is 1. The van der Waals surface area contributed by atoms with Crippen LogP contribution in [-0.2, 0) is 43.9 Å². The van der Waals surface area contributed by atoms with E-state index in [9.17, 15) is 4.79 Å². The van der Waals surface area contributed by atoms with Crippen LogP contribution in [0.3, 0.4) is 0 Å². The molecule has 1 radical (unpaired) electrons. The smallest absolute Gasteiger partial charge is 0.194 e. The van der Waals surface area contributed by atoms with E-state index in [4.69, 9.17) is 0 Å². The summed E-state index contributed by atoms with van der Waals surface area (Å²) >= 11 is 0. The van der Waals surface area contributed by atoms with E-state index in [1.807, 2.05) is 0 Å². The van der Waals surface area contributed by atoms with E-state index in [-0.39, 0.29) is 38.8 Å². The van der Waals surface area contributed by atoms with Crippen LogP contribution in [0.25, 0.3) is 0 Å². The fraction of sp³-hybridized carbons (Fsp3) is 0.682. The molecule has 0 aliphatic carbocycles. The average molecular weight is 419 g/mol. The molecule has 1 aromatic rings. The summed E-state index contributed by atoms with van der Waals surface area (Å²) in [7, 11) is 0. The minimum atomic E-state index is 0. The normalized spacial score (nSPS) is 17.6. The van der Waals surface area contributed by atoms with Gasteiger partial charge in [0, 0.05) is 45.6 Å². The SMILES string of the molecule is CCCC(C(=O)Cc1c(C)cccc1C)[N+]1(CCC)CCCCC1.[Y]. The van der Waals surface area contributed by atoms with Crippen molar-refractivity contribution in [2.75, 3.05) is 19.6 Å². The van der Waals surface area contributed by atoms with E-state index < -0.39 is 0 Å². The molecule has 1 heterocycles. The number of carbonyl (C=O) groups is 1. The molecule has 1 saturated heterocycles. The van der Waals surface area contributed by atoms with E-state index in [1.54, 1.807) is 0 Å². The largest absolute Gasteiger partial charge is 0.315 e. The topological polar surface area (TPSA) is 17.1 Å². The number of likely N-dealkylation sites (tertiary alicyclic amines) is 1. The summed E-state index contributed by atoms with van der Waals surface area (Å²) in [4.78, 5) is 13.4. The zero-order chi connectivity index (χ0) is 17.6. The Labute approximate surface area is 180 Å². The van der Waals surface area contributed by atoms with Crippen LogP contribution in [0.2, 0.25) is 0 Å². The Balaban J connectivity index is 0.00000312. The van der Waals surface area contributed by atoms with Crippen LogP contribution in [0.15, 0.2) is 18.2 Å². The van der Waals surface area contributed by atoms with Gasteiger partial charge in [0.15, 0.2) is 5.78 Å². The Hall–Kier alpha value is -0.0461. The third kappa shape index (κ3) is 5.71. The van der Waals surface area contributed by atoms with Crippen molar-refractivity contribution in [1.82, 2.24) is 0 Å². The van der Waals surface area contributed by atoms with Crippen molar-refractivity contribution in [2.24, 2.45) is 0 Å². The van der Waals surface area contributed by atoms with Crippen molar-refractivity contribution in [3.63, 3.8) is 0 Å². The molecule has 0 saturated carbocycles. The molecule has 137 valence electrons. The van der Waals surface area contributed by atoms with Crippen LogP contribution < -0.4 is 0 Å². The van der Waals surface area contributed by atoms with Crippen LogP contribution in [0.4, 0.5) is 0 Å². The Bertz CT molecular complexity index is 523. The number of carbonyl (C=O) groups excluding carboxylic acids is 1. The molecule has 0 amide bonds. The predicted molar refractivity (Wildman–Crippen MR) is 102 cm³/mol. The molecule has 0 bridgehead atoms. The van der Waals surface area contributed by atoms with Gasteiger partial charge in [0.1, 0.15) is 6.04 Å². The molecular weight excluding hydrogens is 383 g/mol. The number of aryl methyl sites for hydroxylation is 2. The minimum absolute atomic E-state index is 0. The van der Waals surface area contributed by atoms with E-state index in [0.717, 1.165) is 17.3 Å². The van der Waals surface area contributed by atoms with Crippen LogP contribution in [0.5, 0.6) is 0 Å². The Morgan fingerprint density at radius 2 is 1.64 bits per heavy atom. The number of ketones is 1. The van der Waals surface area contributed by atoms with Crippen LogP contribution >= 0.6 is 0 Å². The number of hydrogen-bond donors (Lipinski definition) is 0. The summed E-state index contributed by atoms with van der Waals surface area (Å²) in [6, 6.07) is 6.58. The third-order valence-corrected chi connectivity index (χ3v) is 5.97. The van der Waals surface area contributed by atoms with Gasteiger partial charge in [0.25, 0.3) is 0 Å². The second-order valence-corrected chi connectivity index (χ2v) is 7.77. The number of piperidine rings is 1. The molecule has 3 heteroatoms. The maximum Gasteiger partial charge on any atom is 0.194 e. The van der Waals surface area contributed by atoms with Crippen molar-refractivity contribution >= 4 is 5.78 Å². The molecule has 25 heavy (non-hydrogen) atoms. The standard InChI is InChI=1S/C22H36NO.Y/c1-5-11-21(23(14-6-2)15-8-7-9-16-23)22(24)17-20-18(3)12-10-13-19(20)4;/h10,12-13,21H,5-9,11,14-17H2,1-4H3;/q+1;. The van der Waals surface area contributed by atoms with E-state index in [2.05, 4.69) is 45.9 Å². The summed E-state index contributed by atoms with van der Waals surface area (Å²) < 4.78 is 1.06. The summed E-state index contributed by atoms with van der Waals surface area (Å²) in [6.07, 6.45) is 7.86. The average Bonchev–Trinajstić information content (AvgIpc) is 2.57. The van der Waals surface area contributed by atoms with E-state index in [0.29, 0.717) is 12.2 Å². The number of nitrogens with zero attached hydrogens (tertiary/aromatic N) is 1. The number of Topliss-reactive ketones (excluding diaryl/α,β-unsaturated/α-hetero) is 1. The maximum atomic E-state index is 13.4. The first-order chi connectivity index (χ1) is 11.5. The van der Waals surface area contributed by atoms with Crippen molar-refractivity contribution in [2.45, 2.75) is 78.7 Å². The van der Waals surface area contributed by atoms with Crippen molar-refractivity contribution in [3.8, 4) is 0 Å². The first-order valence-electron chi connectivity index (χ1n) is 9.97. The maximum absolute atomic E-state index is 13.4. The van der Waals surface area contributed by atoms with Gasteiger partial charge >= 0.3 is 0 Å². The van der Waals surface area contributed by atoms with Gasteiger partial charge in [0.2, 0.25) is 0 Å². The van der Waals surface area contributed by atoms with Crippen molar-refractivity contribution < 1.29 is 42.0 Å². The summed E-state index contributed by atoms with van der Waals surface area (Å²) in [5.74, 6) is 0.476. The summed E-state index contributed by atoms with van der Waals surface area (Å²) in [6.45, 7) is 12.4. The Morgan fingerprint density at radius 1 is 1.04 bits per heavy atom. The molecule has 0 aromatic heterocycles. The van der Waals surface area contributed by atoms with Gasteiger partial charge in [-0.2, -0.15) is 0 Å². The molecular formula is C22H36NOY+. The molecule has 0 N–H and O–H groups in total. The van der Waals surface area contributed by atoms with Gasteiger partial charge < -0.3 is 4.48 Å². The van der Waals surface area contributed by atoms with Crippen molar-refractivity contribution in [1.29, 1.82) is 0 Å². The quantitative estimate of drug-likeness (QED) is 0.543. The summed E-state index contributed by atoms with van der Waals surface area (Å²) in [5.41, 5.74) is 3.79. The minimum Gasteiger partial charge on any atom is -0.315 e. The molecule has 1 atom stereocenters. The second-order valence-electron chi connectivity index (χ2n) is 7.77. The molecule has 1 aromatic carbocycles. The molecule has 0 spiro atoms. The number of quaternary nitrogens is 1. The van der Waals surface area contributed by atoms with Crippen LogP contribution in [0.1, 0.15) is 69.1 Å². The Morgan fingerprint density at radius 3 is 2.16 bits per heavy atom. The Kier molecular flexibility index (Phi) is 10.1. The second kappa shape index (κ2) is 10.9. The molecule has 2 nitrogen and oxygen atoms in total. The van der Waals surface area contributed by atoms with Gasteiger partial charge in [-0.05, 0) is 56.2 Å². The molecule has 1 unspecified atom stereocenters. The van der Waals surface area contributed by atoms with Gasteiger partial charge in [0.05, 0.1) is 19.6 Å². The predicted octanol–water partition coefficient (Wildman–Crippen LogP) is 4.99. The van der Waals surface area contributed by atoms with Gasteiger partial charge in [-0.15, -0.1) is 0 Å². The van der Waals surface area contributed by atoms with E-state index >= 15 is 0 Å².